The summed E-state index contributed by atoms with van der Waals surface area (Å²) in [5, 5.41) is 0. The molecule has 2 rings (SSSR count). The van der Waals surface area contributed by atoms with Gasteiger partial charge in [0, 0.05) is 5.56 Å². The van der Waals surface area contributed by atoms with E-state index >= 15 is 0 Å². The Kier molecular flexibility index (Phi) is 3.89. The highest BCUT2D eigenvalue weighted by atomic mass is 16.6. The summed E-state index contributed by atoms with van der Waals surface area (Å²) in [6.07, 6.45) is 1.98. The number of benzene rings is 1. The predicted molar refractivity (Wildman–Crippen MR) is 67.2 cm³/mol. The average Bonchev–Trinajstić information content (AvgIpc) is 2.36. The highest BCUT2D eigenvalue weighted by molar-refractivity contribution is 5.49. The Bertz CT molecular complexity index is 445. The summed E-state index contributed by atoms with van der Waals surface area (Å²) in [6.45, 7) is 3.31. The van der Waals surface area contributed by atoms with Gasteiger partial charge in [-0.25, -0.2) is 0 Å². The average molecular weight is 231 g/mol. The monoisotopic (exact) mass is 231 g/mol. The highest BCUT2D eigenvalue weighted by Crippen LogP contribution is 2.30. The molecule has 90 valence electrons. The van der Waals surface area contributed by atoms with Crippen LogP contribution in [0, 0.1) is 11.8 Å². The Balaban J connectivity index is 2.11. The first-order chi connectivity index (χ1) is 8.29. The van der Waals surface area contributed by atoms with Crippen molar-refractivity contribution in [3.63, 3.8) is 0 Å². The summed E-state index contributed by atoms with van der Waals surface area (Å²) in [5.41, 5.74) is 6.76. The fourth-order valence-electron chi connectivity index (χ4n) is 1.68. The fraction of sp³-hybridized carbons (Fsp3) is 0.429. The number of fused-ring (bicyclic) bond motifs is 1. The molecule has 1 aromatic rings. The number of nitrogens with two attached hydrogens (primary N) is 1. The van der Waals surface area contributed by atoms with Crippen LogP contribution < -0.4 is 15.2 Å². The van der Waals surface area contributed by atoms with Crippen LogP contribution in [-0.4, -0.2) is 19.3 Å². The van der Waals surface area contributed by atoms with Gasteiger partial charge in [-0.05, 0) is 24.6 Å². The third-order valence-corrected chi connectivity index (χ3v) is 2.54. The van der Waals surface area contributed by atoms with E-state index in [2.05, 4.69) is 18.8 Å². The van der Waals surface area contributed by atoms with Crippen molar-refractivity contribution >= 4 is 0 Å². The third kappa shape index (κ3) is 3.15. The van der Waals surface area contributed by atoms with Crippen LogP contribution in [0.1, 0.15) is 25.3 Å². The molecule has 0 fully saturated rings. The van der Waals surface area contributed by atoms with Crippen LogP contribution >= 0.6 is 0 Å². The molecule has 3 nitrogen and oxygen atoms in total. The van der Waals surface area contributed by atoms with Crippen molar-refractivity contribution in [2.24, 2.45) is 5.73 Å². The molecule has 1 aliphatic heterocycles. The first-order valence-electron chi connectivity index (χ1n) is 5.96. The lowest BCUT2D eigenvalue weighted by Crippen LogP contribution is -2.16. The Morgan fingerprint density at radius 3 is 2.82 bits per heavy atom. The normalized spacial score (nSPS) is 14.7. The Morgan fingerprint density at radius 1 is 1.29 bits per heavy atom. The molecule has 1 atom stereocenters. The van der Waals surface area contributed by atoms with Gasteiger partial charge in [0.25, 0.3) is 0 Å². The zero-order valence-corrected chi connectivity index (χ0v) is 10.0. The largest absolute Gasteiger partial charge is 0.486 e. The maximum atomic E-state index is 5.84. The van der Waals surface area contributed by atoms with Crippen molar-refractivity contribution in [3.8, 4) is 23.3 Å². The first-order valence-corrected chi connectivity index (χ1v) is 5.96. The van der Waals surface area contributed by atoms with Gasteiger partial charge < -0.3 is 15.2 Å². The molecule has 1 heterocycles. The van der Waals surface area contributed by atoms with Gasteiger partial charge in [0.05, 0.1) is 6.04 Å². The molecule has 1 unspecified atom stereocenters. The van der Waals surface area contributed by atoms with E-state index in [0.29, 0.717) is 13.2 Å². The molecule has 2 N–H and O–H groups in total. The van der Waals surface area contributed by atoms with E-state index in [1.54, 1.807) is 0 Å². The van der Waals surface area contributed by atoms with Gasteiger partial charge in [-0.1, -0.05) is 25.2 Å². The van der Waals surface area contributed by atoms with Crippen molar-refractivity contribution in [1.29, 1.82) is 0 Å². The van der Waals surface area contributed by atoms with Crippen LogP contribution in [0.3, 0.4) is 0 Å². The third-order valence-electron chi connectivity index (χ3n) is 2.54. The number of ether oxygens (including phenoxy) is 2. The Morgan fingerprint density at radius 2 is 2.06 bits per heavy atom. The molecule has 0 aliphatic carbocycles. The molecule has 17 heavy (non-hydrogen) atoms. The van der Waals surface area contributed by atoms with Gasteiger partial charge >= 0.3 is 0 Å². The molecule has 0 bridgehead atoms. The summed E-state index contributed by atoms with van der Waals surface area (Å²) >= 11 is 0. The second-order valence-electron chi connectivity index (χ2n) is 4.02. The summed E-state index contributed by atoms with van der Waals surface area (Å²) in [5.74, 6) is 7.67. The van der Waals surface area contributed by atoms with E-state index in [0.717, 1.165) is 29.9 Å². The minimum Gasteiger partial charge on any atom is -0.486 e. The summed E-state index contributed by atoms with van der Waals surface area (Å²) < 4.78 is 10.9. The van der Waals surface area contributed by atoms with Gasteiger partial charge in [-0.2, -0.15) is 0 Å². The van der Waals surface area contributed by atoms with E-state index in [4.69, 9.17) is 15.2 Å². The van der Waals surface area contributed by atoms with Crippen molar-refractivity contribution in [1.82, 2.24) is 0 Å². The number of hydrogen-bond donors (Lipinski definition) is 1. The quantitative estimate of drug-likeness (QED) is 0.791. The zero-order chi connectivity index (χ0) is 12.1. The summed E-state index contributed by atoms with van der Waals surface area (Å²) in [6, 6.07) is 5.68. The van der Waals surface area contributed by atoms with Crippen LogP contribution in [0.2, 0.25) is 0 Å². The fourth-order valence-corrected chi connectivity index (χ4v) is 1.68. The lowest BCUT2D eigenvalue weighted by atomic mass is 10.1. The second kappa shape index (κ2) is 5.60. The molecule has 0 amide bonds. The molecule has 0 radical (unpaired) electrons. The molecule has 0 saturated carbocycles. The molecular weight excluding hydrogens is 214 g/mol. The molecular formula is C14H17NO2. The number of hydrogen-bond acceptors (Lipinski definition) is 3. The summed E-state index contributed by atoms with van der Waals surface area (Å²) in [4.78, 5) is 0. The maximum absolute atomic E-state index is 5.84. The van der Waals surface area contributed by atoms with E-state index < -0.39 is 0 Å². The molecule has 1 aromatic carbocycles. The van der Waals surface area contributed by atoms with Crippen LogP contribution in [0.5, 0.6) is 11.5 Å². The lowest BCUT2D eigenvalue weighted by Gasteiger charge is -2.17. The predicted octanol–water partition coefficient (Wildman–Crippen LogP) is 1.94. The Labute approximate surface area is 102 Å². The van der Waals surface area contributed by atoms with Crippen molar-refractivity contribution in [2.45, 2.75) is 25.8 Å². The smallest absolute Gasteiger partial charge is 0.162 e. The molecule has 0 aromatic heterocycles. The minimum atomic E-state index is -0.0480. The Hall–Kier alpha value is -1.66. The van der Waals surface area contributed by atoms with E-state index in [1.807, 2.05) is 18.2 Å². The zero-order valence-electron chi connectivity index (χ0n) is 10.0. The van der Waals surface area contributed by atoms with Crippen LogP contribution in [0.4, 0.5) is 0 Å². The van der Waals surface area contributed by atoms with Crippen molar-refractivity contribution in [3.05, 3.63) is 23.8 Å². The van der Waals surface area contributed by atoms with Gasteiger partial charge in [0.15, 0.2) is 11.5 Å². The van der Waals surface area contributed by atoms with Gasteiger partial charge in [-0.15, -0.1) is 0 Å². The number of rotatable bonds is 2. The van der Waals surface area contributed by atoms with E-state index in [9.17, 15) is 0 Å². The lowest BCUT2D eigenvalue weighted by molar-refractivity contribution is 0.171. The first kappa shape index (κ1) is 11.8. The van der Waals surface area contributed by atoms with Gasteiger partial charge in [-0.3, -0.25) is 0 Å². The molecule has 0 spiro atoms. The topological polar surface area (TPSA) is 44.5 Å². The van der Waals surface area contributed by atoms with Gasteiger partial charge in [0.1, 0.15) is 13.2 Å². The summed E-state index contributed by atoms with van der Waals surface area (Å²) in [7, 11) is 0. The minimum absolute atomic E-state index is 0.0480. The molecule has 3 heteroatoms. The van der Waals surface area contributed by atoms with Crippen LogP contribution in [0.25, 0.3) is 0 Å². The SMILES string of the molecule is CCCC(N)C#Cc1ccc2c(c1)OCCO2. The van der Waals surface area contributed by atoms with Crippen LogP contribution in [-0.2, 0) is 0 Å². The second-order valence-corrected chi connectivity index (χ2v) is 4.02. The highest BCUT2D eigenvalue weighted by Gasteiger charge is 2.10. The molecule has 0 saturated heterocycles. The molecule has 1 aliphatic rings. The van der Waals surface area contributed by atoms with E-state index in [-0.39, 0.29) is 6.04 Å². The maximum Gasteiger partial charge on any atom is 0.162 e. The van der Waals surface area contributed by atoms with Crippen LogP contribution in [0.15, 0.2) is 18.2 Å². The van der Waals surface area contributed by atoms with Crippen molar-refractivity contribution in [2.75, 3.05) is 13.2 Å². The van der Waals surface area contributed by atoms with E-state index in [1.165, 1.54) is 0 Å². The standard InChI is InChI=1S/C14H17NO2/c1-2-3-12(15)6-4-11-5-7-13-14(10-11)17-9-8-16-13/h5,7,10,12H,2-3,8-9,15H2,1H3. The van der Waals surface area contributed by atoms with Crippen molar-refractivity contribution < 1.29 is 9.47 Å². The van der Waals surface area contributed by atoms with Gasteiger partial charge in [0.2, 0.25) is 0 Å².